The predicted molar refractivity (Wildman–Crippen MR) is 101 cm³/mol. The van der Waals surface area contributed by atoms with Crippen LogP contribution in [0.15, 0.2) is 35.1 Å². The number of anilines is 1. The fraction of sp³-hybridized carbons (Fsp3) is 0.105. The summed E-state index contributed by atoms with van der Waals surface area (Å²) in [7, 11) is 2.84. The molecule has 0 saturated carbocycles. The van der Waals surface area contributed by atoms with Crippen molar-refractivity contribution in [2.24, 2.45) is 0 Å². The fourth-order valence-electron chi connectivity index (χ4n) is 3.14. The maximum absolute atomic E-state index is 12.2. The number of methoxy groups -OCH3 is 2. The van der Waals surface area contributed by atoms with Crippen LogP contribution in [-0.4, -0.2) is 41.4 Å². The molecule has 0 saturated heterocycles. The molecule has 2 aromatic carbocycles. The summed E-state index contributed by atoms with van der Waals surface area (Å²) in [5, 5.41) is 20.4. The third-order valence-electron chi connectivity index (χ3n) is 4.32. The van der Waals surface area contributed by atoms with Crippen molar-refractivity contribution < 1.29 is 29.3 Å². The summed E-state index contributed by atoms with van der Waals surface area (Å²) >= 11 is 0. The second-order valence-electron chi connectivity index (χ2n) is 5.84. The van der Waals surface area contributed by atoms with Crippen molar-refractivity contribution in [2.45, 2.75) is 0 Å². The zero-order chi connectivity index (χ0) is 20.6. The van der Waals surface area contributed by atoms with Gasteiger partial charge in [0.1, 0.15) is 28.4 Å². The number of hydrogen-bond acceptors (Lipinski definition) is 6. The molecule has 1 heterocycles. The largest absolute Gasteiger partial charge is 0.496 e. The summed E-state index contributed by atoms with van der Waals surface area (Å²) in [5.74, 6) is -2.83. The normalized spacial score (nSPS) is 10.6. The average Bonchev–Trinajstić information content (AvgIpc) is 2.64. The minimum Gasteiger partial charge on any atom is -0.496 e. The van der Waals surface area contributed by atoms with Crippen molar-refractivity contribution in [1.82, 2.24) is 4.98 Å². The van der Waals surface area contributed by atoms with Crippen LogP contribution in [0, 0.1) is 0 Å². The molecule has 9 heteroatoms. The molecule has 0 spiro atoms. The highest BCUT2D eigenvalue weighted by molar-refractivity contribution is 6.09. The summed E-state index contributed by atoms with van der Waals surface area (Å²) in [4.78, 5) is 37.9. The second kappa shape index (κ2) is 6.95. The van der Waals surface area contributed by atoms with Gasteiger partial charge in [-0.15, -0.1) is 0 Å². The van der Waals surface area contributed by atoms with Gasteiger partial charge in [-0.1, -0.05) is 12.1 Å². The number of aromatic carboxylic acids is 2. The Labute approximate surface area is 157 Å². The lowest BCUT2D eigenvalue weighted by atomic mass is 9.92. The molecule has 3 rings (SSSR count). The van der Waals surface area contributed by atoms with Gasteiger partial charge in [-0.05, 0) is 23.6 Å². The number of carbonyl (C=O) groups is 2. The number of carboxylic acids is 2. The number of H-pyrrole nitrogens is 1. The molecular formula is C19H16N2O7. The minimum atomic E-state index is -1.59. The van der Waals surface area contributed by atoms with E-state index in [2.05, 4.69) is 4.98 Å². The molecule has 0 aliphatic rings. The molecule has 0 aliphatic heterocycles. The van der Waals surface area contributed by atoms with Gasteiger partial charge in [0.05, 0.1) is 14.2 Å². The Hall–Kier alpha value is -4.01. The molecule has 0 atom stereocenters. The Morgan fingerprint density at radius 1 is 1.00 bits per heavy atom. The van der Waals surface area contributed by atoms with Gasteiger partial charge in [-0.25, -0.2) is 9.59 Å². The number of nitrogens with two attached hydrogens (primary N) is 1. The standard InChI is InChI=1S/C19H16N2O7/c1-27-11-5-3-4-8-6-10(12(28-2)7-9(8)11)13-14(18(23)24)16(20)21-17(22)15(13)19(25)26/h3-7H,1-2H3,(H,23,24)(H,25,26)(H3,20,21,22). The lowest BCUT2D eigenvalue weighted by Crippen LogP contribution is -2.24. The van der Waals surface area contributed by atoms with Crippen LogP contribution in [0.25, 0.3) is 21.9 Å². The first kappa shape index (κ1) is 18.8. The smallest absolute Gasteiger partial charge is 0.342 e. The number of ether oxygens (including phenoxy) is 2. The summed E-state index contributed by atoms with van der Waals surface area (Å²) < 4.78 is 10.7. The molecule has 0 aliphatic carbocycles. The molecule has 0 radical (unpaired) electrons. The number of pyridine rings is 1. The average molecular weight is 384 g/mol. The van der Waals surface area contributed by atoms with Crippen molar-refractivity contribution in [2.75, 3.05) is 20.0 Å². The van der Waals surface area contributed by atoms with Crippen molar-refractivity contribution in [3.8, 4) is 22.6 Å². The fourth-order valence-corrected chi connectivity index (χ4v) is 3.14. The first-order chi connectivity index (χ1) is 13.3. The van der Waals surface area contributed by atoms with E-state index in [0.29, 0.717) is 16.5 Å². The van der Waals surface area contributed by atoms with Gasteiger partial charge in [-0.3, -0.25) is 4.79 Å². The van der Waals surface area contributed by atoms with E-state index in [1.807, 2.05) is 0 Å². The SMILES string of the molecule is COc1cc2c(OC)cccc2cc1-c1c(C(=O)O)c(N)[nH]c(=O)c1C(=O)O. The van der Waals surface area contributed by atoms with E-state index in [1.54, 1.807) is 24.3 Å². The van der Waals surface area contributed by atoms with Gasteiger partial charge >= 0.3 is 11.9 Å². The van der Waals surface area contributed by atoms with Crippen LogP contribution in [0.3, 0.4) is 0 Å². The van der Waals surface area contributed by atoms with Gasteiger partial charge in [0, 0.05) is 16.5 Å². The number of carboxylic acid groups (broad SMARTS) is 2. The minimum absolute atomic E-state index is 0.107. The first-order valence-electron chi connectivity index (χ1n) is 7.97. The molecule has 3 aromatic rings. The topological polar surface area (TPSA) is 152 Å². The zero-order valence-corrected chi connectivity index (χ0v) is 14.9. The Balaban J connectivity index is 2.53. The van der Waals surface area contributed by atoms with E-state index < -0.39 is 34.4 Å². The summed E-state index contributed by atoms with van der Waals surface area (Å²) in [6.45, 7) is 0. The van der Waals surface area contributed by atoms with Crippen LogP contribution in [0.4, 0.5) is 5.82 Å². The van der Waals surface area contributed by atoms with E-state index in [9.17, 15) is 24.6 Å². The Morgan fingerprint density at radius 3 is 2.21 bits per heavy atom. The molecule has 1 aromatic heterocycles. The third-order valence-corrected chi connectivity index (χ3v) is 4.32. The number of aromatic amines is 1. The highest BCUT2D eigenvalue weighted by atomic mass is 16.5. The lowest BCUT2D eigenvalue weighted by Gasteiger charge is -2.16. The number of nitrogens with one attached hydrogen (secondary N) is 1. The number of benzene rings is 2. The Kier molecular flexibility index (Phi) is 4.66. The second-order valence-corrected chi connectivity index (χ2v) is 5.84. The van der Waals surface area contributed by atoms with Crippen LogP contribution in [0.1, 0.15) is 20.7 Å². The van der Waals surface area contributed by atoms with Crippen LogP contribution in [-0.2, 0) is 0 Å². The van der Waals surface area contributed by atoms with Gasteiger partial charge in [0.15, 0.2) is 0 Å². The monoisotopic (exact) mass is 384 g/mol. The Bertz CT molecular complexity index is 1180. The molecular weight excluding hydrogens is 368 g/mol. The van der Waals surface area contributed by atoms with E-state index in [4.69, 9.17) is 15.2 Å². The van der Waals surface area contributed by atoms with Crippen LogP contribution < -0.4 is 20.8 Å². The van der Waals surface area contributed by atoms with Gasteiger partial charge in [-0.2, -0.15) is 0 Å². The zero-order valence-electron chi connectivity index (χ0n) is 14.9. The summed E-state index contributed by atoms with van der Waals surface area (Å²) in [5.41, 5.74) is 3.18. The molecule has 5 N–H and O–H groups in total. The third kappa shape index (κ3) is 2.88. The van der Waals surface area contributed by atoms with Crippen molar-refractivity contribution in [3.05, 3.63) is 51.8 Å². The summed E-state index contributed by atoms with van der Waals surface area (Å²) in [6.07, 6.45) is 0. The molecule has 0 unspecified atom stereocenters. The number of hydrogen-bond donors (Lipinski definition) is 4. The highest BCUT2D eigenvalue weighted by Crippen LogP contribution is 2.40. The first-order valence-corrected chi connectivity index (χ1v) is 7.97. The summed E-state index contributed by atoms with van der Waals surface area (Å²) in [6, 6.07) is 8.30. The van der Waals surface area contributed by atoms with E-state index in [0.717, 1.165) is 0 Å². The maximum atomic E-state index is 12.2. The number of aromatic nitrogens is 1. The molecule has 0 amide bonds. The number of nitrogen functional groups attached to an aromatic ring is 1. The van der Waals surface area contributed by atoms with Crippen molar-refractivity contribution in [3.63, 3.8) is 0 Å². The maximum Gasteiger partial charge on any atom is 0.342 e. The molecule has 0 fully saturated rings. The highest BCUT2D eigenvalue weighted by Gasteiger charge is 2.28. The number of fused-ring (bicyclic) bond motifs is 1. The Morgan fingerprint density at radius 2 is 1.64 bits per heavy atom. The van der Waals surface area contributed by atoms with E-state index in [-0.39, 0.29) is 16.9 Å². The van der Waals surface area contributed by atoms with Gasteiger partial charge < -0.3 is 30.4 Å². The predicted octanol–water partition coefficient (Wildman–Crippen LogP) is 2.19. The van der Waals surface area contributed by atoms with Gasteiger partial charge in [0.2, 0.25) is 0 Å². The van der Waals surface area contributed by atoms with Crippen LogP contribution >= 0.6 is 0 Å². The molecule has 9 nitrogen and oxygen atoms in total. The van der Waals surface area contributed by atoms with Gasteiger partial charge in [0.25, 0.3) is 5.56 Å². The van der Waals surface area contributed by atoms with E-state index >= 15 is 0 Å². The van der Waals surface area contributed by atoms with Crippen molar-refractivity contribution in [1.29, 1.82) is 0 Å². The molecule has 0 bridgehead atoms. The van der Waals surface area contributed by atoms with Crippen molar-refractivity contribution >= 4 is 28.5 Å². The molecule has 28 heavy (non-hydrogen) atoms. The van der Waals surface area contributed by atoms with Crippen LogP contribution in [0.2, 0.25) is 0 Å². The van der Waals surface area contributed by atoms with E-state index in [1.165, 1.54) is 20.3 Å². The quantitative estimate of drug-likeness (QED) is 0.522. The number of rotatable bonds is 5. The molecule has 144 valence electrons. The lowest BCUT2D eigenvalue weighted by molar-refractivity contribution is 0.0695. The van der Waals surface area contributed by atoms with Crippen LogP contribution in [0.5, 0.6) is 11.5 Å².